The molecule has 1 N–H and O–H groups in total. The topological polar surface area (TPSA) is 23.9 Å². The molecule has 3 rings (SSSR count). The molecule has 0 saturated carbocycles. The molecular weight excluding hydrogens is 290 g/mol. The van der Waals surface area contributed by atoms with Crippen molar-refractivity contribution in [3.8, 4) is 0 Å². The van der Waals surface area contributed by atoms with Crippen LogP contribution in [0, 0.1) is 11.3 Å². The summed E-state index contributed by atoms with van der Waals surface area (Å²) in [7, 11) is 0. The zero-order valence-electron chi connectivity index (χ0n) is 15.2. The van der Waals surface area contributed by atoms with E-state index in [2.05, 4.69) is 70.2 Å². The molecule has 2 aromatic rings. The summed E-state index contributed by atoms with van der Waals surface area (Å²) in [5.41, 5.74) is 7.29. The van der Waals surface area contributed by atoms with E-state index in [1.807, 2.05) is 0 Å². The van der Waals surface area contributed by atoms with E-state index in [0.29, 0.717) is 5.92 Å². The highest BCUT2D eigenvalue weighted by molar-refractivity contribution is 6.07. The molecule has 1 atom stereocenters. The Labute approximate surface area is 145 Å². The molecule has 1 heteroatoms. The number of nitrogens with one attached hydrogen (secondary N) is 1. The number of hydrogen-bond donors (Lipinski definition) is 1. The number of unbranched alkanes of at least 4 members (excludes halogenated alkanes) is 1. The van der Waals surface area contributed by atoms with Gasteiger partial charge in [-0.25, -0.2) is 0 Å². The first-order chi connectivity index (χ1) is 11.5. The Morgan fingerprint density at radius 3 is 2.33 bits per heavy atom. The third-order valence-corrected chi connectivity index (χ3v) is 5.23. The van der Waals surface area contributed by atoms with Crippen molar-refractivity contribution < 1.29 is 0 Å². The highest BCUT2D eigenvalue weighted by atomic mass is 14.4. The van der Waals surface area contributed by atoms with Gasteiger partial charge < -0.3 is 5.41 Å². The molecule has 24 heavy (non-hydrogen) atoms. The van der Waals surface area contributed by atoms with Gasteiger partial charge in [0.15, 0.2) is 0 Å². The number of allylic oxidation sites excluding steroid dienone is 4. The summed E-state index contributed by atoms with van der Waals surface area (Å²) in [4.78, 5) is 0. The molecule has 0 saturated heterocycles. The van der Waals surface area contributed by atoms with Crippen molar-refractivity contribution in [3.05, 3.63) is 64.7 Å². The Morgan fingerprint density at radius 2 is 1.75 bits per heavy atom. The zero-order valence-corrected chi connectivity index (χ0v) is 15.2. The maximum Gasteiger partial charge on any atom is 0.0392 e. The Morgan fingerprint density at radius 1 is 1.08 bits per heavy atom. The lowest BCUT2D eigenvalue weighted by atomic mass is 9.86. The lowest BCUT2D eigenvalue weighted by Crippen LogP contribution is -2.06. The summed E-state index contributed by atoms with van der Waals surface area (Å²) in [6, 6.07) is 13.0. The van der Waals surface area contributed by atoms with Gasteiger partial charge in [0.05, 0.1) is 0 Å². The van der Waals surface area contributed by atoms with Gasteiger partial charge in [0.25, 0.3) is 0 Å². The van der Waals surface area contributed by atoms with E-state index in [0.717, 1.165) is 30.5 Å². The van der Waals surface area contributed by atoms with Gasteiger partial charge in [-0.05, 0) is 66.3 Å². The van der Waals surface area contributed by atoms with Crippen LogP contribution in [-0.4, -0.2) is 5.71 Å². The predicted molar refractivity (Wildman–Crippen MR) is 106 cm³/mol. The number of hydrogen-bond acceptors (Lipinski definition) is 1. The maximum atomic E-state index is 8.66. The minimum Gasteiger partial charge on any atom is -0.305 e. The summed E-state index contributed by atoms with van der Waals surface area (Å²) in [6.07, 6.45) is 5.41. The van der Waals surface area contributed by atoms with E-state index in [9.17, 15) is 0 Å². The summed E-state index contributed by atoms with van der Waals surface area (Å²) in [6.45, 7) is 8.87. The highest BCUT2D eigenvalue weighted by Crippen LogP contribution is 2.40. The van der Waals surface area contributed by atoms with E-state index >= 15 is 0 Å². The number of benzene rings is 2. The first-order valence-electron chi connectivity index (χ1n) is 9.03. The van der Waals surface area contributed by atoms with Gasteiger partial charge in [-0.3, -0.25) is 0 Å². The van der Waals surface area contributed by atoms with Crippen LogP contribution >= 0.6 is 0 Å². The second-order valence-corrected chi connectivity index (χ2v) is 7.00. The fraction of sp³-hybridized carbons (Fsp3) is 0.348. The van der Waals surface area contributed by atoms with Gasteiger partial charge in [0.1, 0.15) is 0 Å². The molecule has 0 aliphatic heterocycles. The highest BCUT2D eigenvalue weighted by Gasteiger charge is 2.23. The van der Waals surface area contributed by atoms with Crippen LogP contribution in [0.25, 0.3) is 16.3 Å². The van der Waals surface area contributed by atoms with E-state index in [1.165, 1.54) is 33.1 Å². The first-order valence-corrected chi connectivity index (χ1v) is 9.03. The average Bonchev–Trinajstić information content (AvgIpc) is 2.83. The van der Waals surface area contributed by atoms with E-state index in [1.54, 1.807) is 0 Å². The van der Waals surface area contributed by atoms with Gasteiger partial charge >= 0.3 is 0 Å². The number of rotatable bonds is 5. The normalized spacial score (nSPS) is 17.5. The van der Waals surface area contributed by atoms with Crippen molar-refractivity contribution in [2.24, 2.45) is 5.92 Å². The SMILES string of the molecule is CCCCC(=N)c1cc2ccccc2cc1C1=C(C)C(C)=CC1C. The Balaban J connectivity index is 2.20. The Kier molecular flexibility index (Phi) is 4.71. The quantitative estimate of drug-likeness (QED) is 0.588. The third-order valence-electron chi connectivity index (χ3n) is 5.23. The summed E-state index contributed by atoms with van der Waals surface area (Å²) in [5, 5.41) is 11.1. The van der Waals surface area contributed by atoms with Crippen LogP contribution in [0.5, 0.6) is 0 Å². The van der Waals surface area contributed by atoms with Gasteiger partial charge in [-0.15, -0.1) is 0 Å². The minimum atomic E-state index is 0.420. The smallest absolute Gasteiger partial charge is 0.0392 e. The van der Waals surface area contributed by atoms with Crippen LogP contribution in [0.15, 0.2) is 53.6 Å². The molecule has 124 valence electrons. The van der Waals surface area contributed by atoms with Crippen LogP contribution in [-0.2, 0) is 0 Å². The molecule has 0 radical (unpaired) electrons. The molecule has 1 unspecified atom stereocenters. The molecule has 0 aromatic heterocycles. The van der Waals surface area contributed by atoms with Crippen molar-refractivity contribution in [1.29, 1.82) is 5.41 Å². The van der Waals surface area contributed by atoms with E-state index in [-0.39, 0.29) is 0 Å². The Hall–Kier alpha value is -2.15. The molecule has 0 spiro atoms. The van der Waals surface area contributed by atoms with Crippen molar-refractivity contribution in [1.82, 2.24) is 0 Å². The average molecular weight is 317 g/mol. The maximum absolute atomic E-state index is 8.66. The van der Waals surface area contributed by atoms with Crippen LogP contribution in [0.2, 0.25) is 0 Å². The molecule has 0 fully saturated rings. The molecule has 0 bridgehead atoms. The largest absolute Gasteiger partial charge is 0.305 e. The van der Waals surface area contributed by atoms with Gasteiger partial charge in [0, 0.05) is 17.2 Å². The van der Waals surface area contributed by atoms with Crippen LogP contribution < -0.4 is 0 Å². The zero-order chi connectivity index (χ0) is 17.3. The van der Waals surface area contributed by atoms with Crippen LogP contribution in [0.3, 0.4) is 0 Å². The Bertz CT molecular complexity index is 851. The van der Waals surface area contributed by atoms with Crippen molar-refractivity contribution >= 4 is 22.1 Å². The lowest BCUT2D eigenvalue weighted by Gasteiger charge is -2.18. The summed E-state index contributed by atoms with van der Waals surface area (Å²) in [5.74, 6) is 0.420. The van der Waals surface area contributed by atoms with Gasteiger partial charge in [-0.1, -0.05) is 56.2 Å². The molecular formula is C23H27N. The number of fused-ring (bicyclic) bond motifs is 1. The van der Waals surface area contributed by atoms with Crippen LogP contribution in [0.4, 0.5) is 0 Å². The lowest BCUT2D eigenvalue weighted by molar-refractivity contribution is 0.832. The van der Waals surface area contributed by atoms with Gasteiger partial charge in [0.2, 0.25) is 0 Å². The second-order valence-electron chi connectivity index (χ2n) is 7.00. The molecule has 1 aliphatic rings. The fourth-order valence-corrected chi connectivity index (χ4v) is 3.79. The predicted octanol–water partition coefficient (Wildman–Crippen LogP) is 6.77. The standard InChI is InChI=1S/C23H27N/c1-5-6-11-22(24)20-13-18-9-7-8-10-19(18)14-21(20)23-16(3)12-15(2)17(23)4/h7-10,12-14,16,24H,5-6,11H2,1-4H3. The van der Waals surface area contributed by atoms with Crippen molar-refractivity contribution in [3.63, 3.8) is 0 Å². The van der Waals surface area contributed by atoms with E-state index in [4.69, 9.17) is 5.41 Å². The summed E-state index contributed by atoms with van der Waals surface area (Å²) >= 11 is 0. The second kappa shape index (κ2) is 6.76. The molecule has 1 nitrogen and oxygen atoms in total. The van der Waals surface area contributed by atoms with Crippen LogP contribution in [0.1, 0.15) is 58.1 Å². The molecule has 0 heterocycles. The minimum absolute atomic E-state index is 0.420. The van der Waals surface area contributed by atoms with Crippen molar-refractivity contribution in [2.45, 2.75) is 47.0 Å². The molecule has 1 aliphatic carbocycles. The first kappa shape index (κ1) is 16.7. The third kappa shape index (κ3) is 2.96. The van der Waals surface area contributed by atoms with E-state index < -0.39 is 0 Å². The molecule has 2 aromatic carbocycles. The van der Waals surface area contributed by atoms with Crippen molar-refractivity contribution in [2.75, 3.05) is 0 Å². The van der Waals surface area contributed by atoms with Gasteiger partial charge in [-0.2, -0.15) is 0 Å². The summed E-state index contributed by atoms with van der Waals surface area (Å²) < 4.78 is 0. The molecule has 0 amide bonds. The monoisotopic (exact) mass is 317 g/mol. The fourth-order valence-electron chi connectivity index (χ4n) is 3.79.